The highest BCUT2D eigenvalue weighted by atomic mass is 16.5. The van der Waals surface area contributed by atoms with Gasteiger partial charge in [-0.05, 0) is 66.8 Å². The molecule has 1 heterocycles. The van der Waals surface area contributed by atoms with E-state index in [1.165, 1.54) is 0 Å². The molecule has 30 heavy (non-hydrogen) atoms. The number of ether oxygens (including phenoxy) is 1. The molecule has 1 aromatic carbocycles. The zero-order valence-corrected chi connectivity index (χ0v) is 17.2. The minimum absolute atomic E-state index is 0.00985. The number of aromatic nitrogens is 1. The molecule has 1 aliphatic rings. The number of aryl methyl sites for hydroxylation is 2. The van der Waals surface area contributed by atoms with Crippen LogP contribution in [0.4, 0.5) is 5.69 Å². The van der Waals surface area contributed by atoms with E-state index in [-0.39, 0.29) is 17.6 Å². The molecule has 1 N–H and O–H groups in total. The standard InChI is InChI=1S/C22H23N5O3/c1-13-10-16(26-27-23)11-14(2)19(13)20-18(28)12-15(21(20)30-3)7-9-25-22(29)17-6-4-5-8-24-17/h4-6,8,10-11,15H,7,9,12H2,1-3H3,(H,25,29). The van der Waals surface area contributed by atoms with Crippen LogP contribution in [0.3, 0.4) is 0 Å². The number of nitrogens with zero attached hydrogens (tertiary/aromatic N) is 4. The number of azide groups is 1. The predicted molar refractivity (Wildman–Crippen MR) is 113 cm³/mol. The first-order valence-corrected chi connectivity index (χ1v) is 9.63. The summed E-state index contributed by atoms with van der Waals surface area (Å²) in [6, 6.07) is 8.68. The summed E-state index contributed by atoms with van der Waals surface area (Å²) in [5.41, 5.74) is 12.6. The van der Waals surface area contributed by atoms with Crippen LogP contribution in [0, 0.1) is 19.8 Å². The van der Waals surface area contributed by atoms with Crippen molar-refractivity contribution in [1.29, 1.82) is 0 Å². The molecule has 1 amide bonds. The largest absolute Gasteiger partial charge is 0.500 e. The van der Waals surface area contributed by atoms with Crippen molar-refractivity contribution in [3.8, 4) is 0 Å². The van der Waals surface area contributed by atoms with E-state index in [4.69, 9.17) is 10.3 Å². The van der Waals surface area contributed by atoms with Crippen molar-refractivity contribution >= 4 is 23.0 Å². The zero-order chi connectivity index (χ0) is 21.7. The van der Waals surface area contributed by atoms with Gasteiger partial charge in [0.2, 0.25) is 0 Å². The van der Waals surface area contributed by atoms with Crippen LogP contribution >= 0.6 is 0 Å². The Labute approximate surface area is 174 Å². The Bertz CT molecular complexity index is 1030. The lowest BCUT2D eigenvalue weighted by Crippen LogP contribution is -2.26. The van der Waals surface area contributed by atoms with Gasteiger partial charge in [0, 0.05) is 35.7 Å². The molecular weight excluding hydrogens is 382 g/mol. The molecule has 1 aromatic heterocycles. The Morgan fingerprint density at radius 3 is 2.67 bits per heavy atom. The average Bonchev–Trinajstić information content (AvgIpc) is 3.03. The highest BCUT2D eigenvalue weighted by Crippen LogP contribution is 2.40. The summed E-state index contributed by atoms with van der Waals surface area (Å²) in [5.74, 6) is 0.283. The molecule has 1 aliphatic carbocycles. The van der Waals surface area contributed by atoms with Crippen molar-refractivity contribution in [1.82, 2.24) is 10.3 Å². The Morgan fingerprint density at radius 1 is 1.33 bits per heavy atom. The minimum Gasteiger partial charge on any atom is -0.500 e. The summed E-state index contributed by atoms with van der Waals surface area (Å²) in [4.78, 5) is 31.9. The molecule has 0 saturated carbocycles. The Balaban J connectivity index is 1.80. The van der Waals surface area contributed by atoms with E-state index in [0.717, 1.165) is 16.7 Å². The molecule has 1 atom stereocenters. The van der Waals surface area contributed by atoms with E-state index < -0.39 is 0 Å². The maximum atomic E-state index is 12.9. The third-order valence-electron chi connectivity index (χ3n) is 5.15. The summed E-state index contributed by atoms with van der Waals surface area (Å²) in [7, 11) is 1.56. The highest BCUT2D eigenvalue weighted by molar-refractivity contribution is 6.24. The molecule has 0 bridgehead atoms. The first-order valence-electron chi connectivity index (χ1n) is 9.63. The molecule has 0 aliphatic heterocycles. The van der Waals surface area contributed by atoms with Crippen molar-refractivity contribution < 1.29 is 14.3 Å². The summed E-state index contributed by atoms with van der Waals surface area (Å²) in [6.07, 6.45) is 2.47. The van der Waals surface area contributed by atoms with Gasteiger partial charge in [-0.25, -0.2) is 0 Å². The van der Waals surface area contributed by atoms with Crippen LogP contribution in [0.5, 0.6) is 0 Å². The van der Waals surface area contributed by atoms with E-state index >= 15 is 0 Å². The van der Waals surface area contributed by atoms with E-state index in [0.29, 0.717) is 42.1 Å². The highest BCUT2D eigenvalue weighted by Gasteiger charge is 2.35. The number of ketones is 1. The Morgan fingerprint density at radius 2 is 2.07 bits per heavy atom. The van der Waals surface area contributed by atoms with Gasteiger partial charge in [-0.3, -0.25) is 14.6 Å². The quantitative estimate of drug-likeness (QED) is 0.417. The number of hydrogen-bond donors (Lipinski definition) is 1. The minimum atomic E-state index is -0.247. The van der Waals surface area contributed by atoms with Crippen molar-refractivity contribution in [2.24, 2.45) is 11.0 Å². The molecule has 0 saturated heterocycles. The number of benzene rings is 1. The molecule has 2 aromatic rings. The number of allylic oxidation sites excluding steroid dienone is 2. The lowest BCUT2D eigenvalue weighted by Gasteiger charge is -2.16. The van der Waals surface area contributed by atoms with Gasteiger partial charge in [-0.1, -0.05) is 11.2 Å². The molecule has 0 radical (unpaired) electrons. The third kappa shape index (κ3) is 4.34. The number of rotatable bonds is 7. The topological polar surface area (TPSA) is 117 Å². The monoisotopic (exact) mass is 405 g/mol. The second-order valence-electron chi connectivity index (χ2n) is 7.17. The lowest BCUT2D eigenvalue weighted by atomic mass is 9.93. The number of pyridine rings is 1. The van der Waals surface area contributed by atoms with Crippen LogP contribution in [-0.4, -0.2) is 30.3 Å². The van der Waals surface area contributed by atoms with Crippen molar-refractivity contribution in [2.45, 2.75) is 26.7 Å². The number of amides is 1. The van der Waals surface area contributed by atoms with Crippen molar-refractivity contribution in [3.63, 3.8) is 0 Å². The fraction of sp³-hybridized carbons (Fsp3) is 0.318. The number of nitrogens with one attached hydrogen (secondary N) is 1. The number of methoxy groups -OCH3 is 1. The smallest absolute Gasteiger partial charge is 0.269 e. The summed E-state index contributed by atoms with van der Waals surface area (Å²) in [5, 5.41) is 6.50. The van der Waals surface area contributed by atoms with Gasteiger partial charge in [0.15, 0.2) is 5.78 Å². The van der Waals surface area contributed by atoms with Crippen LogP contribution in [0.15, 0.2) is 47.4 Å². The Hall–Kier alpha value is -3.64. The van der Waals surface area contributed by atoms with Crippen LogP contribution in [0.25, 0.3) is 16.0 Å². The van der Waals surface area contributed by atoms with E-state index in [1.54, 1.807) is 43.6 Å². The maximum absolute atomic E-state index is 12.9. The molecule has 0 fully saturated rings. The molecule has 8 nitrogen and oxygen atoms in total. The van der Waals surface area contributed by atoms with Gasteiger partial charge in [-0.2, -0.15) is 0 Å². The SMILES string of the molecule is COC1=C(c2c(C)cc(N=[N+]=[N-])cc2C)C(=O)CC1CCNC(=O)c1ccccn1. The first-order chi connectivity index (χ1) is 14.5. The van der Waals surface area contributed by atoms with Crippen LogP contribution in [0.1, 0.15) is 40.0 Å². The first kappa shape index (κ1) is 21.1. The number of carbonyl (C=O) groups is 2. The van der Waals surface area contributed by atoms with Gasteiger partial charge < -0.3 is 10.1 Å². The van der Waals surface area contributed by atoms with Crippen molar-refractivity contribution in [3.05, 3.63) is 75.1 Å². The normalized spacial score (nSPS) is 15.7. The predicted octanol–water partition coefficient (Wildman–Crippen LogP) is 4.41. The summed E-state index contributed by atoms with van der Waals surface area (Å²) < 4.78 is 5.64. The van der Waals surface area contributed by atoms with E-state index in [9.17, 15) is 9.59 Å². The molecule has 8 heteroatoms. The zero-order valence-electron chi connectivity index (χ0n) is 17.2. The van der Waals surface area contributed by atoms with E-state index in [1.807, 2.05) is 13.8 Å². The fourth-order valence-corrected chi connectivity index (χ4v) is 3.92. The van der Waals surface area contributed by atoms with Crippen LogP contribution < -0.4 is 5.32 Å². The number of hydrogen-bond acceptors (Lipinski definition) is 5. The van der Waals surface area contributed by atoms with E-state index in [2.05, 4.69) is 20.3 Å². The molecule has 154 valence electrons. The molecule has 3 rings (SSSR count). The molecular formula is C22H23N5O3. The van der Waals surface area contributed by atoms with Gasteiger partial charge >= 0.3 is 0 Å². The third-order valence-corrected chi connectivity index (χ3v) is 5.15. The second kappa shape index (κ2) is 9.24. The number of Topliss-reactive ketones (excluding diaryl/α,β-unsaturated/α-hetero) is 1. The summed E-state index contributed by atoms with van der Waals surface area (Å²) >= 11 is 0. The summed E-state index contributed by atoms with van der Waals surface area (Å²) in [6.45, 7) is 4.17. The van der Waals surface area contributed by atoms with Crippen molar-refractivity contribution in [2.75, 3.05) is 13.7 Å². The second-order valence-corrected chi connectivity index (χ2v) is 7.17. The Kier molecular flexibility index (Phi) is 6.49. The number of carbonyl (C=O) groups excluding carboxylic acids is 2. The van der Waals surface area contributed by atoms with Gasteiger partial charge in [-0.15, -0.1) is 0 Å². The maximum Gasteiger partial charge on any atom is 0.269 e. The molecule has 0 spiro atoms. The average molecular weight is 405 g/mol. The van der Waals surface area contributed by atoms with Gasteiger partial charge in [0.25, 0.3) is 5.91 Å². The molecule has 1 unspecified atom stereocenters. The fourth-order valence-electron chi connectivity index (χ4n) is 3.92. The van der Waals surface area contributed by atoms with Crippen LogP contribution in [-0.2, 0) is 9.53 Å². The van der Waals surface area contributed by atoms with Crippen LogP contribution in [0.2, 0.25) is 0 Å². The lowest BCUT2D eigenvalue weighted by molar-refractivity contribution is -0.113. The van der Waals surface area contributed by atoms with Gasteiger partial charge in [0.1, 0.15) is 11.5 Å². The van der Waals surface area contributed by atoms with Gasteiger partial charge in [0.05, 0.1) is 12.7 Å².